The molecule has 15 heavy (non-hydrogen) atoms. The van der Waals surface area contributed by atoms with E-state index in [9.17, 15) is 14.7 Å². The van der Waals surface area contributed by atoms with E-state index in [0.717, 1.165) is 0 Å². The number of benzene rings is 1. The van der Waals surface area contributed by atoms with Crippen LogP contribution in [-0.2, 0) is 16.0 Å². The zero-order valence-electron chi connectivity index (χ0n) is 8.19. The molecule has 0 amide bonds. The second-order valence-electron chi connectivity index (χ2n) is 3.59. The van der Waals surface area contributed by atoms with Gasteiger partial charge >= 0.3 is 5.97 Å². The Labute approximate surface area is 86.5 Å². The number of para-hydroxylation sites is 1. The van der Waals surface area contributed by atoms with Crippen molar-refractivity contribution in [3.8, 4) is 5.75 Å². The van der Waals surface area contributed by atoms with Gasteiger partial charge in [-0.3, -0.25) is 4.79 Å². The average molecular weight is 206 g/mol. The fraction of sp³-hybridized carbons (Fsp3) is 0.273. The topological polar surface area (TPSA) is 63.6 Å². The Morgan fingerprint density at radius 3 is 2.80 bits per heavy atom. The van der Waals surface area contributed by atoms with Gasteiger partial charge in [-0.1, -0.05) is 18.2 Å². The van der Waals surface area contributed by atoms with Gasteiger partial charge in [0.25, 0.3) is 0 Å². The Morgan fingerprint density at radius 1 is 1.47 bits per heavy atom. The molecule has 1 N–H and O–H groups in total. The van der Waals surface area contributed by atoms with Gasteiger partial charge in [0.2, 0.25) is 5.60 Å². The molecule has 2 rings (SSSR count). The van der Waals surface area contributed by atoms with Crippen LogP contribution in [-0.4, -0.2) is 22.5 Å². The Kier molecular flexibility index (Phi) is 2.08. The highest BCUT2D eigenvalue weighted by atomic mass is 16.6. The molecule has 1 unspecified atom stereocenters. The molecule has 1 aliphatic heterocycles. The van der Waals surface area contributed by atoms with E-state index in [2.05, 4.69) is 0 Å². The number of fused-ring (bicyclic) bond motifs is 1. The second-order valence-corrected chi connectivity index (χ2v) is 3.59. The number of carbonyl (C=O) groups excluding carboxylic acids is 2. The Morgan fingerprint density at radius 2 is 2.13 bits per heavy atom. The SMILES string of the molecule is CC(=O)C1(O)Cc2ccccc2OC1=O. The molecule has 1 heterocycles. The fourth-order valence-corrected chi connectivity index (χ4v) is 1.55. The number of ether oxygens (including phenoxy) is 1. The van der Waals surface area contributed by atoms with Crippen LogP contribution in [0, 0.1) is 0 Å². The van der Waals surface area contributed by atoms with E-state index in [1.54, 1.807) is 24.3 Å². The van der Waals surface area contributed by atoms with Crippen LogP contribution in [0.1, 0.15) is 12.5 Å². The molecule has 0 fully saturated rings. The van der Waals surface area contributed by atoms with Crippen molar-refractivity contribution >= 4 is 11.8 Å². The highest BCUT2D eigenvalue weighted by Crippen LogP contribution is 2.30. The lowest BCUT2D eigenvalue weighted by Crippen LogP contribution is -2.52. The molecule has 1 aliphatic rings. The Bertz CT molecular complexity index is 438. The first kappa shape index (κ1) is 9.86. The summed E-state index contributed by atoms with van der Waals surface area (Å²) in [5.41, 5.74) is -1.36. The molecule has 0 saturated carbocycles. The van der Waals surface area contributed by atoms with Crippen LogP contribution < -0.4 is 4.74 Å². The maximum Gasteiger partial charge on any atom is 0.351 e. The summed E-state index contributed by atoms with van der Waals surface area (Å²) in [6.45, 7) is 1.18. The number of esters is 1. The van der Waals surface area contributed by atoms with E-state index >= 15 is 0 Å². The molecular weight excluding hydrogens is 196 g/mol. The third-order valence-corrected chi connectivity index (χ3v) is 2.54. The summed E-state index contributed by atoms with van der Waals surface area (Å²) in [6, 6.07) is 6.84. The van der Waals surface area contributed by atoms with Crippen molar-refractivity contribution in [1.29, 1.82) is 0 Å². The second kappa shape index (κ2) is 3.17. The van der Waals surface area contributed by atoms with E-state index in [1.807, 2.05) is 0 Å². The zero-order chi connectivity index (χ0) is 11.1. The van der Waals surface area contributed by atoms with Gasteiger partial charge in [-0.25, -0.2) is 4.79 Å². The monoisotopic (exact) mass is 206 g/mol. The average Bonchev–Trinajstić information content (AvgIpc) is 2.19. The standard InChI is InChI=1S/C11H10O4/c1-7(12)11(14)6-8-4-2-3-5-9(8)15-10(11)13/h2-5,14H,6H2,1H3. The first-order valence-corrected chi connectivity index (χ1v) is 4.57. The number of Topliss-reactive ketones (excluding diaryl/α,β-unsaturated/α-hetero) is 1. The Balaban J connectivity index is 2.46. The molecule has 0 bridgehead atoms. The van der Waals surface area contributed by atoms with Crippen LogP contribution >= 0.6 is 0 Å². The summed E-state index contributed by atoms with van der Waals surface area (Å²) >= 11 is 0. The lowest BCUT2D eigenvalue weighted by atomic mass is 9.88. The third kappa shape index (κ3) is 1.43. The van der Waals surface area contributed by atoms with E-state index in [-0.39, 0.29) is 6.42 Å². The van der Waals surface area contributed by atoms with Crippen molar-refractivity contribution in [2.45, 2.75) is 18.9 Å². The number of ketones is 1. The van der Waals surface area contributed by atoms with Gasteiger partial charge in [0.05, 0.1) is 0 Å². The Hall–Kier alpha value is -1.68. The lowest BCUT2D eigenvalue weighted by molar-refractivity contribution is -0.163. The largest absolute Gasteiger partial charge is 0.424 e. The van der Waals surface area contributed by atoms with Crippen molar-refractivity contribution in [3.63, 3.8) is 0 Å². The zero-order valence-corrected chi connectivity index (χ0v) is 8.19. The molecule has 0 radical (unpaired) electrons. The minimum absolute atomic E-state index is 0.0165. The van der Waals surface area contributed by atoms with E-state index in [4.69, 9.17) is 4.74 Å². The predicted molar refractivity (Wildman–Crippen MR) is 51.4 cm³/mol. The maximum absolute atomic E-state index is 11.4. The number of carbonyl (C=O) groups is 2. The summed E-state index contributed by atoms with van der Waals surface area (Å²) in [6.07, 6.45) is -0.0165. The molecule has 0 saturated heterocycles. The van der Waals surface area contributed by atoms with Crippen molar-refractivity contribution in [2.75, 3.05) is 0 Å². The van der Waals surface area contributed by atoms with E-state index < -0.39 is 17.4 Å². The summed E-state index contributed by atoms with van der Waals surface area (Å²) in [7, 11) is 0. The van der Waals surface area contributed by atoms with Gasteiger partial charge in [0.1, 0.15) is 5.75 Å². The van der Waals surface area contributed by atoms with Crippen LogP contribution in [0.4, 0.5) is 0 Å². The van der Waals surface area contributed by atoms with Crippen LogP contribution in [0.5, 0.6) is 5.75 Å². The lowest BCUT2D eigenvalue weighted by Gasteiger charge is -2.28. The van der Waals surface area contributed by atoms with Gasteiger partial charge in [-0.05, 0) is 18.6 Å². The number of hydrogen-bond donors (Lipinski definition) is 1. The minimum atomic E-state index is -2.02. The number of hydrogen-bond acceptors (Lipinski definition) is 4. The minimum Gasteiger partial charge on any atom is -0.424 e. The van der Waals surface area contributed by atoms with Crippen molar-refractivity contribution in [1.82, 2.24) is 0 Å². The van der Waals surface area contributed by atoms with Crippen molar-refractivity contribution in [2.24, 2.45) is 0 Å². The smallest absolute Gasteiger partial charge is 0.351 e. The van der Waals surface area contributed by atoms with E-state index in [0.29, 0.717) is 11.3 Å². The summed E-state index contributed by atoms with van der Waals surface area (Å²) in [4.78, 5) is 22.6. The summed E-state index contributed by atoms with van der Waals surface area (Å²) in [5, 5.41) is 9.84. The highest BCUT2D eigenvalue weighted by Gasteiger charge is 2.46. The molecule has 1 atom stereocenters. The van der Waals surface area contributed by atoms with Gasteiger partial charge in [0.15, 0.2) is 5.78 Å². The van der Waals surface area contributed by atoms with Gasteiger partial charge in [-0.2, -0.15) is 0 Å². The quantitative estimate of drug-likeness (QED) is 0.412. The third-order valence-electron chi connectivity index (χ3n) is 2.54. The molecule has 0 aliphatic carbocycles. The fourth-order valence-electron chi connectivity index (χ4n) is 1.55. The molecule has 4 heteroatoms. The van der Waals surface area contributed by atoms with Crippen molar-refractivity contribution < 1.29 is 19.4 Å². The number of rotatable bonds is 1. The van der Waals surface area contributed by atoms with Gasteiger partial charge < -0.3 is 9.84 Å². The first-order valence-electron chi connectivity index (χ1n) is 4.57. The van der Waals surface area contributed by atoms with Gasteiger partial charge in [-0.15, -0.1) is 0 Å². The van der Waals surface area contributed by atoms with Crippen molar-refractivity contribution in [3.05, 3.63) is 29.8 Å². The maximum atomic E-state index is 11.4. The van der Waals surface area contributed by atoms with E-state index in [1.165, 1.54) is 6.92 Å². The molecule has 4 nitrogen and oxygen atoms in total. The van der Waals surface area contributed by atoms with Gasteiger partial charge in [0, 0.05) is 6.42 Å². The molecule has 1 aromatic rings. The predicted octanol–water partition coefficient (Wildman–Crippen LogP) is 0.468. The summed E-state index contributed by atoms with van der Waals surface area (Å²) in [5.74, 6) is -1.08. The number of aliphatic hydroxyl groups is 1. The summed E-state index contributed by atoms with van der Waals surface area (Å²) < 4.78 is 4.90. The van der Waals surface area contributed by atoms with Crippen LogP contribution in [0.15, 0.2) is 24.3 Å². The molecule has 1 aromatic carbocycles. The van der Waals surface area contributed by atoms with Crippen LogP contribution in [0.2, 0.25) is 0 Å². The first-order chi connectivity index (χ1) is 7.04. The highest BCUT2D eigenvalue weighted by molar-refractivity contribution is 6.07. The molecule has 0 spiro atoms. The van der Waals surface area contributed by atoms with Crippen LogP contribution in [0.3, 0.4) is 0 Å². The normalized spacial score (nSPS) is 24.3. The molecular formula is C11H10O4. The molecule has 78 valence electrons. The molecule has 0 aromatic heterocycles. The van der Waals surface area contributed by atoms with Crippen LogP contribution in [0.25, 0.3) is 0 Å².